The van der Waals surface area contributed by atoms with Gasteiger partial charge in [-0.1, -0.05) is 43.9 Å². The molecule has 59 heavy (non-hydrogen) atoms. The molecule has 2 N–H and O–H groups in total. The maximum absolute atomic E-state index is 11.1. The third-order valence-electron chi connectivity index (χ3n) is 10.5. The number of carboxylic acids is 1. The maximum atomic E-state index is 11.1. The Morgan fingerprint density at radius 2 is 1.54 bits per heavy atom. The third kappa shape index (κ3) is 8.79. The molecule has 0 unspecified atom stereocenters. The standard InChI is InChI=1S/C25H36BN3O4Si.C17H12N4O3S/c1-24(2)25(3,4)33-26(32-24)18-15-20-22(19-11-9-10-12-21(19)30-5)28-29(23(20)27-16-18)17-31-13-14-34(6,7)8;1-24-12-5-3-2-4-10(12)14-11-6-9(7-18-15(11)21-20-14)16-19-8-13(25-16)17(22)23/h9-12,15-16H,13-14,17H2,1-8H3;2-8H,1H3,(H,22,23)(H,18,20,21). The van der Waals surface area contributed by atoms with Crippen LogP contribution in [0.1, 0.15) is 37.4 Å². The number of benzene rings is 2. The molecule has 7 aromatic rings. The molecule has 0 spiro atoms. The normalized spacial score (nSPS) is 14.7. The second kappa shape index (κ2) is 16.7. The lowest BCUT2D eigenvalue weighted by Gasteiger charge is -2.32. The molecule has 14 nitrogen and oxygen atoms in total. The molecule has 6 heterocycles. The summed E-state index contributed by atoms with van der Waals surface area (Å²) >= 11 is 1.11. The highest BCUT2D eigenvalue weighted by Crippen LogP contribution is 2.38. The Labute approximate surface area is 348 Å². The summed E-state index contributed by atoms with van der Waals surface area (Å²) in [5.41, 5.74) is 5.45. The predicted molar refractivity (Wildman–Crippen MR) is 233 cm³/mol. The predicted octanol–water partition coefficient (Wildman–Crippen LogP) is 8.17. The van der Waals surface area contributed by atoms with Crippen molar-refractivity contribution in [2.45, 2.75) is 71.3 Å². The van der Waals surface area contributed by atoms with Gasteiger partial charge in [0.05, 0.1) is 37.3 Å². The summed E-state index contributed by atoms with van der Waals surface area (Å²) in [5, 5.41) is 23.5. The van der Waals surface area contributed by atoms with Crippen molar-refractivity contribution in [3.8, 4) is 44.6 Å². The number of thiazole rings is 1. The number of hydrogen-bond donors (Lipinski definition) is 2. The highest BCUT2D eigenvalue weighted by atomic mass is 32.1. The Hall–Kier alpha value is -5.46. The monoisotopic (exact) mass is 833 g/mol. The Morgan fingerprint density at radius 1 is 0.881 bits per heavy atom. The zero-order valence-corrected chi connectivity index (χ0v) is 36.5. The number of aromatic nitrogens is 7. The van der Waals surface area contributed by atoms with Crippen LogP contribution in [0.25, 0.3) is 55.2 Å². The lowest BCUT2D eigenvalue weighted by atomic mass is 9.80. The lowest BCUT2D eigenvalue weighted by molar-refractivity contribution is 0.00578. The number of methoxy groups -OCH3 is 2. The van der Waals surface area contributed by atoms with Gasteiger partial charge in [0.2, 0.25) is 0 Å². The Morgan fingerprint density at radius 3 is 2.19 bits per heavy atom. The smallest absolute Gasteiger partial charge is 0.496 e. The molecular weight excluding hydrogens is 785 g/mol. The van der Waals surface area contributed by atoms with Crippen LogP contribution in [0.4, 0.5) is 0 Å². The number of aromatic amines is 1. The van der Waals surface area contributed by atoms with Crippen LogP contribution in [0.2, 0.25) is 25.7 Å². The highest BCUT2D eigenvalue weighted by molar-refractivity contribution is 7.16. The van der Waals surface area contributed by atoms with E-state index < -0.39 is 32.4 Å². The molecule has 1 aliphatic heterocycles. The summed E-state index contributed by atoms with van der Waals surface area (Å²) in [7, 11) is 1.62. The first-order valence-corrected chi connectivity index (χ1v) is 23.7. The van der Waals surface area contributed by atoms with E-state index in [4.69, 9.17) is 38.7 Å². The van der Waals surface area contributed by atoms with Gasteiger partial charge in [0.25, 0.3) is 0 Å². The minimum Gasteiger partial charge on any atom is -0.496 e. The van der Waals surface area contributed by atoms with E-state index in [-0.39, 0.29) is 4.88 Å². The van der Waals surface area contributed by atoms with Gasteiger partial charge < -0.3 is 28.6 Å². The first-order chi connectivity index (χ1) is 28.1. The quantitative estimate of drug-likeness (QED) is 0.0896. The van der Waals surface area contributed by atoms with Gasteiger partial charge in [-0.3, -0.25) is 5.10 Å². The van der Waals surface area contributed by atoms with E-state index in [2.05, 4.69) is 73.6 Å². The number of para-hydroxylation sites is 2. The van der Waals surface area contributed by atoms with Crippen LogP contribution in [0, 0.1) is 0 Å². The van der Waals surface area contributed by atoms with E-state index in [1.807, 2.05) is 65.5 Å². The fourth-order valence-electron chi connectivity index (χ4n) is 6.42. The second-order valence-electron chi connectivity index (χ2n) is 16.4. The van der Waals surface area contributed by atoms with Crippen molar-refractivity contribution in [2.24, 2.45) is 0 Å². The molecule has 17 heteroatoms. The molecular formula is C42H48BN7O7SSi. The fourth-order valence-corrected chi connectivity index (χ4v) is 7.91. The zero-order valence-electron chi connectivity index (χ0n) is 34.7. The Kier molecular flexibility index (Phi) is 11.8. The summed E-state index contributed by atoms with van der Waals surface area (Å²) < 4.78 is 31.4. The molecule has 2 aromatic carbocycles. The van der Waals surface area contributed by atoms with E-state index in [1.165, 1.54) is 6.20 Å². The van der Waals surface area contributed by atoms with E-state index >= 15 is 0 Å². The van der Waals surface area contributed by atoms with Crippen LogP contribution in [0.5, 0.6) is 11.5 Å². The number of H-pyrrole nitrogens is 1. The number of fused-ring (bicyclic) bond motifs is 2. The molecule has 8 rings (SSSR count). The van der Waals surface area contributed by atoms with Crippen LogP contribution in [0.15, 0.2) is 79.3 Å². The summed E-state index contributed by atoms with van der Waals surface area (Å²) in [5.74, 6) is 0.492. The minimum atomic E-state index is -1.17. The SMILES string of the molecule is COc1ccccc1-c1[nH]nc2ncc(-c3ncc(C(=O)O)s3)cc12.COc1ccccc1-c1nn(COCC[Si](C)(C)C)c2ncc(B3OC(C)(C)C(C)(C)O3)cc12. The van der Waals surface area contributed by atoms with Crippen molar-refractivity contribution in [3.05, 3.63) is 84.1 Å². The highest BCUT2D eigenvalue weighted by Gasteiger charge is 2.52. The van der Waals surface area contributed by atoms with E-state index in [0.717, 1.165) is 78.8 Å². The average Bonchev–Trinajstić information content (AvgIpc) is 4.00. The van der Waals surface area contributed by atoms with Crippen molar-refractivity contribution < 1.29 is 33.4 Å². The van der Waals surface area contributed by atoms with Crippen molar-refractivity contribution in [1.82, 2.24) is 34.9 Å². The van der Waals surface area contributed by atoms with E-state index in [1.54, 1.807) is 20.4 Å². The molecule has 1 aliphatic rings. The van der Waals surface area contributed by atoms with Gasteiger partial charge in [-0.2, -0.15) is 10.2 Å². The molecule has 0 radical (unpaired) electrons. The van der Waals surface area contributed by atoms with Crippen molar-refractivity contribution in [1.29, 1.82) is 0 Å². The summed E-state index contributed by atoms with van der Waals surface area (Å²) in [6.07, 6.45) is 4.80. The van der Waals surface area contributed by atoms with Crippen molar-refractivity contribution in [3.63, 3.8) is 0 Å². The molecule has 0 aliphatic carbocycles. The first-order valence-electron chi connectivity index (χ1n) is 19.2. The van der Waals surface area contributed by atoms with Gasteiger partial charge in [0.1, 0.15) is 33.8 Å². The van der Waals surface area contributed by atoms with Crippen molar-refractivity contribution >= 4 is 60.0 Å². The second-order valence-corrected chi connectivity index (χ2v) is 23.0. The molecule has 1 fully saturated rings. The number of nitrogens with zero attached hydrogens (tertiary/aromatic N) is 6. The van der Waals surface area contributed by atoms with Gasteiger partial charge in [-0.15, -0.1) is 11.3 Å². The molecule has 0 amide bonds. The fraction of sp³-hybridized carbons (Fsp3) is 0.333. The molecule has 5 aromatic heterocycles. The van der Waals surface area contributed by atoms with E-state index in [0.29, 0.717) is 24.0 Å². The first kappa shape index (κ1) is 41.7. The number of aromatic carboxylic acids is 1. The average molecular weight is 834 g/mol. The van der Waals surface area contributed by atoms with Crippen LogP contribution in [-0.4, -0.2) is 93.2 Å². The molecule has 0 saturated carbocycles. The van der Waals surface area contributed by atoms with Crippen LogP contribution in [0.3, 0.4) is 0 Å². The number of ether oxygens (including phenoxy) is 3. The van der Waals surface area contributed by atoms with Gasteiger partial charge in [0.15, 0.2) is 11.3 Å². The van der Waals surface area contributed by atoms with E-state index in [9.17, 15) is 4.79 Å². The Bertz CT molecular complexity index is 2600. The zero-order chi connectivity index (χ0) is 42.1. The number of nitrogens with one attached hydrogen (secondary N) is 1. The maximum Gasteiger partial charge on any atom is 0.496 e. The molecule has 0 bridgehead atoms. The van der Waals surface area contributed by atoms with Crippen LogP contribution < -0.4 is 14.9 Å². The summed E-state index contributed by atoms with van der Waals surface area (Å²) in [4.78, 5) is 24.5. The topological polar surface area (TPSA) is 169 Å². The lowest BCUT2D eigenvalue weighted by Crippen LogP contribution is -2.41. The van der Waals surface area contributed by atoms with Crippen LogP contribution >= 0.6 is 11.3 Å². The van der Waals surface area contributed by atoms with Gasteiger partial charge >= 0.3 is 13.1 Å². The van der Waals surface area contributed by atoms with Gasteiger partial charge in [-0.25, -0.2) is 24.4 Å². The number of rotatable bonds is 12. The largest absolute Gasteiger partial charge is 0.496 e. The molecule has 0 atom stereocenters. The minimum absolute atomic E-state index is 0.187. The summed E-state index contributed by atoms with van der Waals surface area (Å²) in [6.45, 7) is 16.3. The van der Waals surface area contributed by atoms with Gasteiger partial charge in [0, 0.05) is 60.0 Å². The molecule has 1 saturated heterocycles. The summed E-state index contributed by atoms with van der Waals surface area (Å²) in [6, 6.07) is 20.6. The number of carbonyl (C=O) groups is 1. The number of pyridine rings is 2. The third-order valence-corrected chi connectivity index (χ3v) is 13.2. The Balaban J connectivity index is 0.000000187. The number of carboxylic acid groups (broad SMARTS) is 1. The van der Waals surface area contributed by atoms with Crippen LogP contribution in [-0.2, 0) is 20.8 Å². The molecule has 306 valence electrons. The number of hydrogen-bond acceptors (Lipinski definition) is 12. The van der Waals surface area contributed by atoms with Gasteiger partial charge in [-0.05, 0) is 70.1 Å². The van der Waals surface area contributed by atoms with Crippen molar-refractivity contribution in [2.75, 3.05) is 20.8 Å².